The highest BCUT2D eigenvalue weighted by Crippen LogP contribution is 2.34. The maximum atomic E-state index is 13.4. The van der Waals surface area contributed by atoms with Crippen LogP contribution in [0.5, 0.6) is 0 Å². The molecule has 0 bridgehead atoms. The van der Waals surface area contributed by atoms with Crippen LogP contribution in [0.2, 0.25) is 0 Å². The van der Waals surface area contributed by atoms with Crippen LogP contribution in [0.1, 0.15) is 24.1 Å². The van der Waals surface area contributed by atoms with E-state index in [1.54, 1.807) is 19.1 Å². The van der Waals surface area contributed by atoms with E-state index in [4.69, 9.17) is 4.74 Å². The van der Waals surface area contributed by atoms with Crippen molar-refractivity contribution < 1.29 is 13.9 Å². The number of nitrogens with zero attached hydrogens (tertiary/aromatic N) is 4. The predicted octanol–water partition coefficient (Wildman–Crippen LogP) is 2.84. The molecule has 1 N–H and O–H groups in total. The second-order valence-electron chi connectivity index (χ2n) is 6.13. The summed E-state index contributed by atoms with van der Waals surface area (Å²) < 4.78 is 20.4. The number of anilines is 1. The third kappa shape index (κ3) is 3.29. The maximum Gasteiger partial charge on any atom is 0.338 e. The third-order valence-corrected chi connectivity index (χ3v) is 4.33. The van der Waals surface area contributed by atoms with Crippen molar-refractivity contribution >= 4 is 11.9 Å². The molecule has 1 aliphatic rings. The number of tetrazole rings is 1. The van der Waals surface area contributed by atoms with Gasteiger partial charge in [0, 0.05) is 5.70 Å². The Morgan fingerprint density at radius 3 is 2.67 bits per heavy atom. The molecule has 4 rings (SSSR count). The summed E-state index contributed by atoms with van der Waals surface area (Å²) in [7, 11) is 0. The van der Waals surface area contributed by atoms with Crippen LogP contribution >= 0.6 is 0 Å². The van der Waals surface area contributed by atoms with Crippen molar-refractivity contribution in [3.8, 4) is 0 Å². The summed E-state index contributed by atoms with van der Waals surface area (Å²) in [6.07, 6.45) is 0. The SMILES string of the molecule is CC1=C(C(=O)OCc2ccccc2)C(c2ccc(F)cc2)n2nnnc2N1. The molecule has 2 aromatic carbocycles. The summed E-state index contributed by atoms with van der Waals surface area (Å²) in [5, 5.41) is 14.6. The number of hydrogen-bond donors (Lipinski definition) is 1. The smallest absolute Gasteiger partial charge is 0.338 e. The van der Waals surface area contributed by atoms with Crippen molar-refractivity contribution in [1.82, 2.24) is 20.2 Å². The lowest BCUT2D eigenvalue weighted by atomic mass is 9.96. The van der Waals surface area contributed by atoms with Gasteiger partial charge in [0.05, 0.1) is 5.57 Å². The highest BCUT2D eigenvalue weighted by atomic mass is 19.1. The molecule has 0 aliphatic carbocycles. The van der Waals surface area contributed by atoms with Crippen molar-refractivity contribution in [2.75, 3.05) is 5.32 Å². The summed E-state index contributed by atoms with van der Waals surface area (Å²) in [5.74, 6) is -0.445. The summed E-state index contributed by atoms with van der Waals surface area (Å²) in [4.78, 5) is 12.9. The number of hydrogen-bond acceptors (Lipinski definition) is 6. The van der Waals surface area contributed by atoms with Crippen LogP contribution < -0.4 is 5.32 Å². The van der Waals surface area contributed by atoms with Crippen molar-refractivity contribution in [2.24, 2.45) is 0 Å². The molecule has 0 spiro atoms. The van der Waals surface area contributed by atoms with Gasteiger partial charge in [0.25, 0.3) is 0 Å². The van der Waals surface area contributed by atoms with Crippen molar-refractivity contribution in [3.63, 3.8) is 0 Å². The minimum absolute atomic E-state index is 0.148. The summed E-state index contributed by atoms with van der Waals surface area (Å²) in [5.41, 5.74) is 2.52. The molecule has 0 saturated carbocycles. The summed E-state index contributed by atoms with van der Waals surface area (Å²) >= 11 is 0. The molecule has 1 atom stereocenters. The van der Waals surface area contributed by atoms with E-state index in [0.717, 1.165) is 5.56 Å². The van der Waals surface area contributed by atoms with E-state index < -0.39 is 12.0 Å². The van der Waals surface area contributed by atoms with Crippen LogP contribution in [0.15, 0.2) is 65.9 Å². The van der Waals surface area contributed by atoms with E-state index in [0.29, 0.717) is 22.8 Å². The van der Waals surface area contributed by atoms with Gasteiger partial charge in [-0.05, 0) is 40.6 Å². The molecule has 8 heteroatoms. The van der Waals surface area contributed by atoms with Gasteiger partial charge in [0.2, 0.25) is 5.95 Å². The van der Waals surface area contributed by atoms with E-state index in [2.05, 4.69) is 20.8 Å². The average molecular weight is 365 g/mol. The van der Waals surface area contributed by atoms with Gasteiger partial charge in [-0.25, -0.2) is 9.18 Å². The number of rotatable bonds is 4. The Bertz CT molecular complexity index is 998. The molecule has 3 aromatic rings. The van der Waals surface area contributed by atoms with Crippen LogP contribution in [-0.2, 0) is 16.1 Å². The predicted molar refractivity (Wildman–Crippen MR) is 94.9 cm³/mol. The van der Waals surface area contributed by atoms with Gasteiger partial charge in [0.15, 0.2) is 0 Å². The number of esters is 1. The first-order chi connectivity index (χ1) is 13.1. The molecule has 0 radical (unpaired) electrons. The van der Waals surface area contributed by atoms with Crippen molar-refractivity contribution in [3.05, 3.63) is 82.8 Å². The van der Waals surface area contributed by atoms with Gasteiger partial charge < -0.3 is 10.1 Å². The van der Waals surface area contributed by atoms with Gasteiger partial charge in [0.1, 0.15) is 18.5 Å². The second kappa shape index (κ2) is 6.99. The van der Waals surface area contributed by atoms with Crippen LogP contribution in [0.4, 0.5) is 10.3 Å². The minimum Gasteiger partial charge on any atom is -0.457 e. The maximum absolute atomic E-state index is 13.4. The molecular formula is C19H16FN5O2. The number of aromatic nitrogens is 4. The lowest BCUT2D eigenvalue weighted by Crippen LogP contribution is -2.29. The number of halogens is 1. The van der Waals surface area contributed by atoms with Crippen LogP contribution in [-0.4, -0.2) is 26.2 Å². The molecule has 1 aliphatic heterocycles. The Hall–Kier alpha value is -3.55. The first-order valence-corrected chi connectivity index (χ1v) is 8.35. The minimum atomic E-state index is -0.611. The molecule has 0 saturated heterocycles. The number of fused-ring (bicyclic) bond motifs is 1. The fourth-order valence-corrected chi connectivity index (χ4v) is 3.03. The Kier molecular flexibility index (Phi) is 4.37. The molecular weight excluding hydrogens is 349 g/mol. The fraction of sp³-hybridized carbons (Fsp3) is 0.158. The van der Waals surface area contributed by atoms with E-state index in [-0.39, 0.29) is 12.4 Å². The Balaban J connectivity index is 1.67. The van der Waals surface area contributed by atoms with Crippen molar-refractivity contribution in [1.29, 1.82) is 0 Å². The topological polar surface area (TPSA) is 81.9 Å². The van der Waals surface area contributed by atoms with E-state index in [1.165, 1.54) is 16.8 Å². The fourth-order valence-electron chi connectivity index (χ4n) is 3.03. The van der Waals surface area contributed by atoms with Gasteiger partial charge in [-0.1, -0.05) is 47.6 Å². The summed E-state index contributed by atoms with van der Waals surface area (Å²) in [6.45, 7) is 1.91. The zero-order chi connectivity index (χ0) is 18.8. The second-order valence-corrected chi connectivity index (χ2v) is 6.13. The Morgan fingerprint density at radius 2 is 1.93 bits per heavy atom. The number of carbonyl (C=O) groups excluding carboxylic acids is 1. The molecule has 0 fully saturated rings. The first kappa shape index (κ1) is 16.9. The standard InChI is InChI=1S/C19H16FN5O2/c1-12-16(18(26)27-11-13-5-3-2-4-6-13)17(14-7-9-15(20)10-8-14)25-19(21-12)22-23-24-25/h2-10,17H,11H2,1H3,(H,21,22,24). The number of ether oxygens (including phenoxy) is 1. The van der Waals surface area contributed by atoms with Gasteiger partial charge in [-0.15, -0.1) is 0 Å². The van der Waals surface area contributed by atoms with Gasteiger partial charge in [-0.2, -0.15) is 4.68 Å². The monoisotopic (exact) mass is 365 g/mol. The normalized spacial score (nSPS) is 15.9. The lowest BCUT2D eigenvalue weighted by Gasteiger charge is -2.27. The summed E-state index contributed by atoms with van der Waals surface area (Å²) in [6, 6.07) is 14.7. The highest BCUT2D eigenvalue weighted by molar-refractivity contribution is 5.92. The molecule has 27 heavy (non-hydrogen) atoms. The van der Waals surface area contributed by atoms with E-state index in [1.807, 2.05) is 30.3 Å². The van der Waals surface area contributed by atoms with Gasteiger partial charge in [-0.3, -0.25) is 0 Å². The number of benzene rings is 2. The number of carbonyl (C=O) groups is 1. The lowest BCUT2D eigenvalue weighted by molar-refractivity contribution is -0.140. The zero-order valence-corrected chi connectivity index (χ0v) is 14.5. The molecule has 1 unspecified atom stereocenters. The molecule has 136 valence electrons. The molecule has 0 amide bonds. The quantitative estimate of drug-likeness (QED) is 0.716. The number of allylic oxidation sites excluding steroid dienone is 1. The highest BCUT2D eigenvalue weighted by Gasteiger charge is 2.34. The van der Waals surface area contributed by atoms with E-state index >= 15 is 0 Å². The van der Waals surface area contributed by atoms with Crippen molar-refractivity contribution in [2.45, 2.75) is 19.6 Å². The number of nitrogens with one attached hydrogen (secondary N) is 1. The van der Waals surface area contributed by atoms with Crippen LogP contribution in [0.25, 0.3) is 0 Å². The molecule has 1 aromatic heterocycles. The average Bonchev–Trinajstić information content (AvgIpc) is 3.14. The Morgan fingerprint density at radius 1 is 1.19 bits per heavy atom. The van der Waals surface area contributed by atoms with Crippen LogP contribution in [0.3, 0.4) is 0 Å². The molecule has 2 heterocycles. The third-order valence-electron chi connectivity index (χ3n) is 4.33. The van der Waals surface area contributed by atoms with E-state index in [9.17, 15) is 9.18 Å². The van der Waals surface area contributed by atoms with Gasteiger partial charge >= 0.3 is 5.97 Å². The Labute approximate surface area is 154 Å². The molecule has 7 nitrogen and oxygen atoms in total. The zero-order valence-electron chi connectivity index (χ0n) is 14.5. The van der Waals surface area contributed by atoms with Crippen LogP contribution in [0, 0.1) is 5.82 Å². The largest absolute Gasteiger partial charge is 0.457 e. The first-order valence-electron chi connectivity index (χ1n) is 8.35.